The van der Waals surface area contributed by atoms with Gasteiger partial charge in [-0.15, -0.1) is 0 Å². The van der Waals surface area contributed by atoms with E-state index in [2.05, 4.69) is 10.6 Å². The molecule has 0 radical (unpaired) electrons. The topological polar surface area (TPSA) is 67.4 Å². The first kappa shape index (κ1) is 23.4. The first-order valence-corrected chi connectivity index (χ1v) is 11.3. The van der Waals surface area contributed by atoms with Crippen molar-refractivity contribution in [2.24, 2.45) is 0 Å². The van der Waals surface area contributed by atoms with Crippen LogP contribution < -0.4 is 15.4 Å². The summed E-state index contributed by atoms with van der Waals surface area (Å²) < 4.78 is 32.9. The lowest BCUT2D eigenvalue weighted by molar-refractivity contribution is 0.0943. The number of halogens is 2. The molecule has 0 aliphatic carbocycles. The molecule has 176 valence electrons. The number of carbonyl (C=O) groups excluding carboxylic acids is 2. The second-order valence-corrected chi connectivity index (χ2v) is 8.33. The van der Waals surface area contributed by atoms with Crippen molar-refractivity contribution in [1.29, 1.82) is 0 Å². The van der Waals surface area contributed by atoms with Crippen LogP contribution in [0.3, 0.4) is 0 Å². The predicted molar refractivity (Wildman–Crippen MR) is 125 cm³/mol. The molecule has 0 spiro atoms. The third kappa shape index (κ3) is 6.19. The molecule has 0 aromatic heterocycles. The molecule has 3 aromatic carbocycles. The van der Waals surface area contributed by atoms with E-state index >= 15 is 0 Å². The zero-order chi connectivity index (χ0) is 23.9. The highest BCUT2D eigenvalue weighted by atomic mass is 19.1. The first-order valence-electron chi connectivity index (χ1n) is 11.3. The average Bonchev–Trinajstić information content (AvgIpc) is 2.81. The van der Waals surface area contributed by atoms with E-state index < -0.39 is 11.6 Å². The highest BCUT2D eigenvalue weighted by Gasteiger charge is 2.14. The molecule has 3 aromatic rings. The maximum atomic E-state index is 13.4. The van der Waals surface area contributed by atoms with Crippen LogP contribution >= 0.6 is 0 Å². The smallest absolute Gasteiger partial charge is 0.251 e. The van der Waals surface area contributed by atoms with E-state index in [1.54, 1.807) is 24.3 Å². The molecule has 0 fully saturated rings. The fourth-order valence-corrected chi connectivity index (χ4v) is 3.93. The molecule has 2 N–H and O–H groups in total. The van der Waals surface area contributed by atoms with Crippen LogP contribution in [0.15, 0.2) is 60.7 Å². The van der Waals surface area contributed by atoms with Crippen LogP contribution in [-0.2, 0) is 13.0 Å². The molecule has 0 atom stereocenters. The Kier molecular flexibility index (Phi) is 7.52. The third-order valence-corrected chi connectivity index (χ3v) is 5.65. The molecule has 4 rings (SSSR count). The van der Waals surface area contributed by atoms with Crippen molar-refractivity contribution in [3.8, 4) is 5.75 Å². The summed E-state index contributed by atoms with van der Waals surface area (Å²) in [6.45, 7) is 1.16. The first-order chi connectivity index (χ1) is 16.5. The molecular formula is C27H26F2N2O3. The van der Waals surface area contributed by atoms with Crippen LogP contribution in [0.4, 0.5) is 8.78 Å². The van der Waals surface area contributed by atoms with E-state index in [1.165, 1.54) is 12.1 Å². The van der Waals surface area contributed by atoms with Crippen molar-refractivity contribution in [2.75, 3.05) is 13.2 Å². The number of hydrogen-bond donors (Lipinski definition) is 2. The van der Waals surface area contributed by atoms with Crippen LogP contribution in [0.25, 0.3) is 0 Å². The zero-order valence-corrected chi connectivity index (χ0v) is 18.7. The van der Waals surface area contributed by atoms with Crippen LogP contribution in [0.2, 0.25) is 0 Å². The third-order valence-electron chi connectivity index (χ3n) is 5.65. The molecule has 34 heavy (non-hydrogen) atoms. The van der Waals surface area contributed by atoms with Gasteiger partial charge in [0.25, 0.3) is 11.8 Å². The van der Waals surface area contributed by atoms with Gasteiger partial charge in [0.2, 0.25) is 0 Å². The van der Waals surface area contributed by atoms with Gasteiger partial charge in [0.05, 0.1) is 6.61 Å². The summed E-state index contributed by atoms with van der Waals surface area (Å²) in [6, 6.07) is 15.8. The number of hydrogen-bond acceptors (Lipinski definition) is 3. The van der Waals surface area contributed by atoms with Crippen molar-refractivity contribution in [1.82, 2.24) is 10.6 Å². The Morgan fingerprint density at radius 1 is 0.971 bits per heavy atom. The second-order valence-electron chi connectivity index (χ2n) is 8.33. The van der Waals surface area contributed by atoms with Gasteiger partial charge in [-0.2, -0.15) is 0 Å². The van der Waals surface area contributed by atoms with E-state index in [0.717, 1.165) is 36.5 Å². The second kappa shape index (κ2) is 10.9. The summed E-state index contributed by atoms with van der Waals surface area (Å²) in [4.78, 5) is 25.2. The Balaban J connectivity index is 1.56. The summed E-state index contributed by atoms with van der Waals surface area (Å²) in [5.74, 6) is -1.15. The SMILES string of the molecule is O=C1NCCCCCOc2ccc(C(=O)NCc3cc(F)cc(F)c3)cc2Cc2cccc1c2. The standard InChI is InChI=1S/C27H26F2N2O3/c28-23-13-19(14-24(29)16-23)17-31-27(33)21-7-8-25-22(15-21)12-18-5-4-6-20(11-18)26(32)30-9-2-1-3-10-34-25/h4-8,11,13-16H,1-3,9-10,12,17H2,(H,30,32)(H,31,33). The number of rotatable bonds is 3. The lowest BCUT2D eigenvalue weighted by Crippen LogP contribution is -2.24. The summed E-state index contributed by atoms with van der Waals surface area (Å²) >= 11 is 0. The summed E-state index contributed by atoms with van der Waals surface area (Å²) in [5.41, 5.74) is 3.08. The quantitative estimate of drug-likeness (QED) is 0.586. The van der Waals surface area contributed by atoms with Gasteiger partial charge >= 0.3 is 0 Å². The monoisotopic (exact) mass is 464 g/mol. The van der Waals surface area contributed by atoms with E-state index in [1.807, 2.05) is 18.2 Å². The molecule has 2 bridgehead atoms. The van der Waals surface area contributed by atoms with E-state index in [-0.39, 0.29) is 18.4 Å². The molecular weight excluding hydrogens is 438 g/mol. The normalized spacial score (nSPS) is 14.2. The predicted octanol–water partition coefficient (Wildman–Crippen LogP) is 4.78. The minimum absolute atomic E-state index is 0.00173. The molecule has 1 aliphatic heterocycles. The molecule has 5 nitrogen and oxygen atoms in total. The van der Waals surface area contributed by atoms with Gasteiger partial charge in [0.15, 0.2) is 0 Å². The number of carbonyl (C=O) groups is 2. The van der Waals surface area contributed by atoms with Gasteiger partial charge < -0.3 is 15.4 Å². The fourth-order valence-electron chi connectivity index (χ4n) is 3.93. The van der Waals surface area contributed by atoms with Crippen LogP contribution in [0.1, 0.15) is 56.7 Å². The van der Waals surface area contributed by atoms with Crippen LogP contribution in [0, 0.1) is 11.6 Å². The molecule has 7 heteroatoms. The Bertz CT molecular complexity index is 1180. The molecule has 0 saturated heterocycles. The van der Waals surface area contributed by atoms with E-state index in [0.29, 0.717) is 42.0 Å². The number of amides is 2. The van der Waals surface area contributed by atoms with Gasteiger partial charge in [-0.1, -0.05) is 12.1 Å². The van der Waals surface area contributed by atoms with Gasteiger partial charge in [-0.05, 0) is 78.4 Å². The van der Waals surface area contributed by atoms with Crippen molar-refractivity contribution in [3.63, 3.8) is 0 Å². The highest BCUT2D eigenvalue weighted by Crippen LogP contribution is 2.25. The van der Waals surface area contributed by atoms with Gasteiger partial charge in [0, 0.05) is 36.7 Å². The molecule has 1 heterocycles. The van der Waals surface area contributed by atoms with E-state index in [9.17, 15) is 18.4 Å². The summed E-state index contributed by atoms with van der Waals surface area (Å²) in [7, 11) is 0. The van der Waals surface area contributed by atoms with Crippen LogP contribution in [-0.4, -0.2) is 25.0 Å². The largest absolute Gasteiger partial charge is 0.493 e. The Hall–Kier alpha value is -3.74. The van der Waals surface area contributed by atoms with Crippen molar-refractivity contribution < 1.29 is 23.1 Å². The van der Waals surface area contributed by atoms with Crippen LogP contribution in [0.5, 0.6) is 5.75 Å². The molecule has 0 saturated carbocycles. The van der Waals surface area contributed by atoms with Gasteiger partial charge in [-0.3, -0.25) is 9.59 Å². The van der Waals surface area contributed by atoms with Crippen molar-refractivity contribution in [3.05, 3.63) is 100 Å². The molecule has 1 aliphatic rings. The number of ether oxygens (including phenoxy) is 1. The highest BCUT2D eigenvalue weighted by molar-refractivity contribution is 5.95. The van der Waals surface area contributed by atoms with Gasteiger partial charge in [0.1, 0.15) is 17.4 Å². The number of fused-ring (bicyclic) bond motifs is 3. The lowest BCUT2D eigenvalue weighted by atomic mass is 9.99. The Morgan fingerprint density at radius 3 is 2.62 bits per heavy atom. The molecule has 0 unspecified atom stereocenters. The minimum atomic E-state index is -0.691. The number of nitrogens with one attached hydrogen (secondary N) is 2. The minimum Gasteiger partial charge on any atom is -0.493 e. The number of benzene rings is 3. The molecule has 2 amide bonds. The van der Waals surface area contributed by atoms with Crippen molar-refractivity contribution >= 4 is 11.8 Å². The maximum Gasteiger partial charge on any atom is 0.251 e. The maximum absolute atomic E-state index is 13.4. The Morgan fingerprint density at radius 2 is 1.79 bits per heavy atom. The fraction of sp³-hybridized carbons (Fsp3) is 0.259. The summed E-state index contributed by atoms with van der Waals surface area (Å²) in [6.07, 6.45) is 3.13. The lowest BCUT2D eigenvalue weighted by Gasteiger charge is -2.15. The average molecular weight is 465 g/mol. The zero-order valence-electron chi connectivity index (χ0n) is 18.7. The van der Waals surface area contributed by atoms with E-state index in [4.69, 9.17) is 4.74 Å². The Labute approximate surface area is 197 Å². The summed E-state index contributed by atoms with van der Waals surface area (Å²) in [5, 5.41) is 5.65. The van der Waals surface area contributed by atoms with Crippen molar-refractivity contribution in [2.45, 2.75) is 32.2 Å². The van der Waals surface area contributed by atoms with Gasteiger partial charge in [-0.25, -0.2) is 8.78 Å².